The van der Waals surface area contributed by atoms with Gasteiger partial charge in [-0.1, -0.05) is 19.4 Å². The summed E-state index contributed by atoms with van der Waals surface area (Å²) in [5.74, 6) is 0. The normalized spacial score (nSPS) is 12.8. The zero-order valence-electron chi connectivity index (χ0n) is 12.2. The van der Waals surface area contributed by atoms with Crippen molar-refractivity contribution in [3.05, 3.63) is 41.1 Å². The minimum atomic E-state index is 0.160. The Morgan fingerprint density at radius 2 is 2.05 bits per heavy atom. The molecule has 19 heavy (non-hydrogen) atoms. The van der Waals surface area contributed by atoms with E-state index < -0.39 is 0 Å². The smallest absolute Gasteiger partial charge is 0.0708 e. The van der Waals surface area contributed by atoms with Crippen LogP contribution in [0.1, 0.15) is 43.5 Å². The number of nitrogens with two attached hydrogens (primary N) is 1. The van der Waals surface area contributed by atoms with Crippen molar-refractivity contribution in [3.63, 3.8) is 0 Å². The fraction of sp³-hybridized carbons (Fsp3) is 0.471. The van der Waals surface area contributed by atoms with Gasteiger partial charge in [0.2, 0.25) is 0 Å². The number of hydrogen-bond acceptors (Lipinski definition) is 2. The van der Waals surface area contributed by atoms with Gasteiger partial charge in [0.05, 0.1) is 5.52 Å². The summed E-state index contributed by atoms with van der Waals surface area (Å²) < 4.78 is 0. The van der Waals surface area contributed by atoms with Crippen LogP contribution >= 0.6 is 0 Å². The summed E-state index contributed by atoms with van der Waals surface area (Å²) in [7, 11) is 0. The molecule has 2 N–H and O–H groups in total. The number of pyridine rings is 1. The first-order chi connectivity index (χ1) is 9.10. The van der Waals surface area contributed by atoms with Crippen molar-refractivity contribution in [2.24, 2.45) is 5.73 Å². The van der Waals surface area contributed by atoms with Gasteiger partial charge in [0.1, 0.15) is 0 Å². The van der Waals surface area contributed by atoms with Crippen molar-refractivity contribution in [2.45, 2.75) is 52.5 Å². The molecule has 0 spiro atoms. The number of fused-ring (bicyclic) bond motifs is 1. The van der Waals surface area contributed by atoms with Gasteiger partial charge in [0.15, 0.2) is 0 Å². The molecule has 1 unspecified atom stereocenters. The van der Waals surface area contributed by atoms with Crippen LogP contribution in [0.2, 0.25) is 0 Å². The zero-order chi connectivity index (χ0) is 13.8. The Labute approximate surface area is 116 Å². The molecule has 0 saturated carbocycles. The first-order valence-electron chi connectivity index (χ1n) is 7.25. The van der Waals surface area contributed by atoms with E-state index in [0.29, 0.717) is 0 Å². The van der Waals surface area contributed by atoms with Gasteiger partial charge < -0.3 is 5.73 Å². The highest BCUT2D eigenvalue weighted by Crippen LogP contribution is 2.21. The molecule has 0 amide bonds. The average molecular weight is 256 g/mol. The van der Waals surface area contributed by atoms with E-state index in [1.54, 1.807) is 0 Å². The third-order valence-electron chi connectivity index (χ3n) is 3.48. The van der Waals surface area contributed by atoms with Crippen molar-refractivity contribution in [2.75, 3.05) is 0 Å². The quantitative estimate of drug-likeness (QED) is 0.884. The molecule has 0 radical (unpaired) electrons. The standard InChI is InChI=1S/C17H24N2/c1-4-5-6-14-7-8-17-16(11-14)12(2)9-15(19-17)10-13(3)18/h7-9,11,13H,4-6,10,18H2,1-3H3. The number of benzene rings is 1. The summed E-state index contributed by atoms with van der Waals surface area (Å²) >= 11 is 0. The van der Waals surface area contributed by atoms with Crippen molar-refractivity contribution in [3.8, 4) is 0 Å². The lowest BCUT2D eigenvalue weighted by molar-refractivity contribution is 0.724. The molecule has 1 heterocycles. The molecular weight excluding hydrogens is 232 g/mol. The van der Waals surface area contributed by atoms with Gasteiger partial charge in [-0.25, -0.2) is 0 Å². The first kappa shape index (κ1) is 14.0. The molecule has 0 aliphatic carbocycles. The average Bonchev–Trinajstić information content (AvgIpc) is 2.36. The van der Waals surface area contributed by atoms with Crippen LogP contribution in [-0.2, 0) is 12.8 Å². The molecule has 0 aliphatic heterocycles. The van der Waals surface area contributed by atoms with Gasteiger partial charge in [-0.05, 0) is 56.0 Å². The number of unbranched alkanes of at least 4 members (excludes halogenated alkanes) is 1. The molecule has 2 rings (SSSR count). The molecule has 0 bridgehead atoms. The van der Waals surface area contributed by atoms with Gasteiger partial charge in [-0.15, -0.1) is 0 Å². The van der Waals surface area contributed by atoms with E-state index in [2.05, 4.69) is 38.1 Å². The molecule has 1 aromatic carbocycles. The molecule has 1 aromatic heterocycles. The largest absolute Gasteiger partial charge is 0.328 e. The zero-order valence-corrected chi connectivity index (χ0v) is 12.2. The van der Waals surface area contributed by atoms with Crippen LogP contribution in [0.5, 0.6) is 0 Å². The third kappa shape index (κ3) is 3.54. The number of aromatic nitrogens is 1. The molecule has 102 valence electrons. The van der Waals surface area contributed by atoms with E-state index in [1.165, 1.54) is 29.4 Å². The minimum Gasteiger partial charge on any atom is -0.328 e. The highest BCUT2D eigenvalue weighted by Gasteiger charge is 2.06. The fourth-order valence-electron chi connectivity index (χ4n) is 2.48. The predicted molar refractivity (Wildman–Crippen MR) is 82.4 cm³/mol. The van der Waals surface area contributed by atoms with E-state index in [-0.39, 0.29) is 6.04 Å². The Kier molecular flexibility index (Phi) is 4.54. The monoisotopic (exact) mass is 256 g/mol. The SMILES string of the molecule is CCCCc1ccc2nc(CC(C)N)cc(C)c2c1. The second kappa shape index (κ2) is 6.16. The van der Waals surface area contributed by atoms with Crippen LogP contribution in [-0.4, -0.2) is 11.0 Å². The molecule has 2 aromatic rings. The summed E-state index contributed by atoms with van der Waals surface area (Å²) in [5.41, 5.74) is 10.8. The van der Waals surface area contributed by atoms with Crippen LogP contribution in [0, 0.1) is 6.92 Å². The predicted octanol–water partition coefficient (Wildman–Crippen LogP) is 3.78. The lowest BCUT2D eigenvalue weighted by Crippen LogP contribution is -2.18. The van der Waals surface area contributed by atoms with Crippen molar-refractivity contribution >= 4 is 10.9 Å². The topological polar surface area (TPSA) is 38.9 Å². The summed E-state index contributed by atoms with van der Waals surface area (Å²) in [4.78, 5) is 4.72. The highest BCUT2D eigenvalue weighted by molar-refractivity contribution is 5.82. The molecular formula is C17H24N2. The number of aryl methyl sites for hydroxylation is 2. The van der Waals surface area contributed by atoms with E-state index in [0.717, 1.165) is 24.1 Å². The van der Waals surface area contributed by atoms with E-state index in [1.807, 2.05) is 6.92 Å². The fourth-order valence-corrected chi connectivity index (χ4v) is 2.48. The molecule has 2 nitrogen and oxygen atoms in total. The summed E-state index contributed by atoms with van der Waals surface area (Å²) in [5, 5.41) is 1.28. The molecule has 1 atom stereocenters. The van der Waals surface area contributed by atoms with Crippen LogP contribution in [0.15, 0.2) is 24.3 Å². The van der Waals surface area contributed by atoms with Crippen LogP contribution in [0.4, 0.5) is 0 Å². The molecule has 0 saturated heterocycles. The van der Waals surface area contributed by atoms with Crippen LogP contribution in [0.3, 0.4) is 0 Å². The van der Waals surface area contributed by atoms with Crippen LogP contribution < -0.4 is 5.73 Å². The van der Waals surface area contributed by atoms with Gasteiger partial charge in [0.25, 0.3) is 0 Å². The summed E-state index contributed by atoms with van der Waals surface area (Å²) in [6.07, 6.45) is 4.49. The Bertz CT molecular complexity index is 558. The van der Waals surface area contributed by atoms with E-state index in [9.17, 15) is 0 Å². The van der Waals surface area contributed by atoms with Gasteiger partial charge in [-0.2, -0.15) is 0 Å². The van der Waals surface area contributed by atoms with E-state index >= 15 is 0 Å². The maximum absolute atomic E-state index is 5.86. The highest BCUT2D eigenvalue weighted by atomic mass is 14.7. The Morgan fingerprint density at radius 3 is 2.74 bits per heavy atom. The Morgan fingerprint density at radius 1 is 1.26 bits per heavy atom. The maximum atomic E-state index is 5.86. The number of hydrogen-bond donors (Lipinski definition) is 1. The number of rotatable bonds is 5. The lowest BCUT2D eigenvalue weighted by Gasteiger charge is -2.10. The van der Waals surface area contributed by atoms with Crippen molar-refractivity contribution in [1.82, 2.24) is 4.98 Å². The first-order valence-corrected chi connectivity index (χ1v) is 7.25. The van der Waals surface area contributed by atoms with E-state index in [4.69, 9.17) is 10.7 Å². The lowest BCUT2D eigenvalue weighted by atomic mass is 10.0. The Balaban J connectivity index is 2.36. The summed E-state index contributed by atoms with van der Waals surface area (Å²) in [6.45, 7) is 6.42. The van der Waals surface area contributed by atoms with Crippen molar-refractivity contribution in [1.29, 1.82) is 0 Å². The van der Waals surface area contributed by atoms with Crippen LogP contribution in [0.25, 0.3) is 10.9 Å². The molecule has 2 heteroatoms. The third-order valence-corrected chi connectivity index (χ3v) is 3.48. The van der Waals surface area contributed by atoms with Gasteiger partial charge in [-0.3, -0.25) is 4.98 Å². The van der Waals surface area contributed by atoms with Gasteiger partial charge in [0, 0.05) is 23.5 Å². The maximum Gasteiger partial charge on any atom is 0.0708 e. The number of nitrogens with zero attached hydrogens (tertiary/aromatic N) is 1. The molecule has 0 aliphatic rings. The summed E-state index contributed by atoms with van der Waals surface area (Å²) in [6, 6.07) is 8.99. The second-order valence-corrected chi connectivity index (χ2v) is 5.57. The van der Waals surface area contributed by atoms with Gasteiger partial charge >= 0.3 is 0 Å². The Hall–Kier alpha value is -1.41. The second-order valence-electron chi connectivity index (χ2n) is 5.57. The van der Waals surface area contributed by atoms with Crippen molar-refractivity contribution < 1.29 is 0 Å². The minimum absolute atomic E-state index is 0.160. The molecule has 0 fully saturated rings.